The summed E-state index contributed by atoms with van der Waals surface area (Å²) >= 11 is 0. The van der Waals surface area contributed by atoms with E-state index < -0.39 is 30.0 Å². The van der Waals surface area contributed by atoms with Crippen molar-refractivity contribution in [1.82, 2.24) is 5.32 Å². The topological polar surface area (TPSA) is 84.3 Å². The zero-order valence-electron chi connectivity index (χ0n) is 10.5. The van der Waals surface area contributed by atoms with Crippen molar-refractivity contribution >= 4 is 17.3 Å². The van der Waals surface area contributed by atoms with E-state index in [-0.39, 0.29) is 16.9 Å². The molecule has 0 aliphatic carbocycles. The Hall–Kier alpha value is -2.32. The van der Waals surface area contributed by atoms with E-state index in [9.17, 15) is 28.1 Å². The van der Waals surface area contributed by atoms with E-state index in [1.165, 1.54) is 13.1 Å². The minimum atomic E-state index is -4.36. The van der Waals surface area contributed by atoms with Crippen molar-refractivity contribution in [2.24, 2.45) is 0 Å². The Morgan fingerprint density at radius 2 is 2.05 bits per heavy atom. The predicted octanol–water partition coefficient (Wildman–Crippen LogP) is 2.32. The van der Waals surface area contributed by atoms with Gasteiger partial charge in [-0.15, -0.1) is 0 Å². The number of nitro groups is 1. The number of amides is 1. The molecule has 110 valence electrons. The van der Waals surface area contributed by atoms with E-state index in [0.717, 1.165) is 12.1 Å². The Kier molecular flexibility index (Phi) is 4.89. The maximum absolute atomic E-state index is 12.0. The van der Waals surface area contributed by atoms with Crippen molar-refractivity contribution in [3.8, 4) is 0 Å². The molecule has 0 aliphatic rings. The zero-order valence-corrected chi connectivity index (χ0v) is 10.5. The molecule has 6 nitrogen and oxygen atoms in total. The first kappa shape index (κ1) is 15.7. The minimum Gasteiger partial charge on any atom is -0.379 e. The molecule has 0 bridgehead atoms. The number of benzene rings is 1. The molecule has 0 saturated carbocycles. The fourth-order valence-corrected chi connectivity index (χ4v) is 1.46. The number of nitro benzene ring substituents is 1. The van der Waals surface area contributed by atoms with Crippen LogP contribution in [0.1, 0.15) is 16.8 Å². The molecule has 0 spiro atoms. The summed E-state index contributed by atoms with van der Waals surface area (Å²) in [6.07, 6.45) is -5.49. The second-order valence-electron chi connectivity index (χ2n) is 3.86. The van der Waals surface area contributed by atoms with Crippen LogP contribution in [-0.2, 0) is 0 Å². The molecule has 1 aromatic carbocycles. The summed E-state index contributed by atoms with van der Waals surface area (Å²) in [6.45, 7) is -0.512. The first-order valence-electron chi connectivity index (χ1n) is 5.55. The molecule has 9 heteroatoms. The van der Waals surface area contributed by atoms with Gasteiger partial charge in [-0.25, -0.2) is 0 Å². The van der Waals surface area contributed by atoms with Crippen molar-refractivity contribution < 1.29 is 22.9 Å². The second-order valence-corrected chi connectivity index (χ2v) is 3.86. The lowest BCUT2D eigenvalue weighted by Crippen LogP contribution is -2.19. The normalized spacial score (nSPS) is 11.0. The highest BCUT2D eigenvalue weighted by Gasteiger charge is 2.27. The van der Waals surface area contributed by atoms with Gasteiger partial charge in [0.05, 0.1) is 11.3 Å². The third-order valence-electron chi connectivity index (χ3n) is 2.41. The van der Waals surface area contributed by atoms with Crippen LogP contribution in [-0.4, -0.2) is 30.6 Å². The van der Waals surface area contributed by atoms with Gasteiger partial charge in [-0.05, 0) is 12.1 Å². The van der Waals surface area contributed by atoms with Crippen LogP contribution in [0.4, 0.5) is 24.5 Å². The van der Waals surface area contributed by atoms with E-state index in [0.29, 0.717) is 0 Å². The molecule has 1 rings (SSSR count). The molecule has 0 unspecified atom stereocenters. The largest absolute Gasteiger partial charge is 0.390 e. The number of nitrogens with zero attached hydrogens (tertiary/aromatic N) is 1. The van der Waals surface area contributed by atoms with Crippen molar-refractivity contribution in [3.63, 3.8) is 0 Å². The van der Waals surface area contributed by atoms with Crippen molar-refractivity contribution in [1.29, 1.82) is 0 Å². The Bertz CT molecular complexity index is 517. The molecule has 2 N–H and O–H groups in total. The lowest BCUT2D eigenvalue weighted by molar-refractivity contribution is -0.384. The number of nitrogens with one attached hydrogen (secondary N) is 2. The highest BCUT2D eigenvalue weighted by atomic mass is 19.4. The van der Waals surface area contributed by atoms with Crippen molar-refractivity contribution in [2.75, 3.05) is 18.9 Å². The highest BCUT2D eigenvalue weighted by molar-refractivity contribution is 5.95. The molecule has 0 aliphatic heterocycles. The summed E-state index contributed by atoms with van der Waals surface area (Å²) in [5.74, 6) is -0.487. The molecular weight excluding hydrogens is 279 g/mol. The van der Waals surface area contributed by atoms with Crippen LogP contribution in [0, 0.1) is 10.1 Å². The third kappa shape index (κ3) is 4.41. The average Bonchev–Trinajstić information content (AvgIpc) is 2.35. The maximum atomic E-state index is 12.0. The Labute approximate surface area is 112 Å². The van der Waals surface area contributed by atoms with Crippen molar-refractivity contribution in [3.05, 3.63) is 33.9 Å². The Morgan fingerprint density at radius 3 is 2.55 bits per heavy atom. The zero-order chi connectivity index (χ0) is 15.3. The van der Waals surface area contributed by atoms with Crippen LogP contribution in [0.15, 0.2) is 18.2 Å². The van der Waals surface area contributed by atoms with Crippen LogP contribution < -0.4 is 10.6 Å². The monoisotopic (exact) mass is 291 g/mol. The smallest absolute Gasteiger partial charge is 0.379 e. The van der Waals surface area contributed by atoms with Crippen LogP contribution >= 0.6 is 0 Å². The quantitative estimate of drug-likeness (QED) is 0.644. The molecular formula is C11H12F3N3O3. The van der Waals surface area contributed by atoms with Gasteiger partial charge in [-0.2, -0.15) is 13.2 Å². The number of alkyl halides is 3. The van der Waals surface area contributed by atoms with Crippen molar-refractivity contribution in [2.45, 2.75) is 12.6 Å². The summed E-state index contributed by atoms with van der Waals surface area (Å²) in [5, 5.41) is 15.4. The number of halogens is 3. The maximum Gasteiger partial charge on any atom is 0.390 e. The van der Waals surface area contributed by atoms with E-state index in [1.807, 2.05) is 0 Å². The number of rotatable bonds is 5. The summed E-state index contributed by atoms with van der Waals surface area (Å²) in [5.41, 5.74) is -0.396. The van der Waals surface area contributed by atoms with Crippen LogP contribution in [0.5, 0.6) is 0 Å². The summed E-state index contributed by atoms with van der Waals surface area (Å²) in [4.78, 5) is 21.4. The molecule has 20 heavy (non-hydrogen) atoms. The molecule has 1 amide bonds. The number of hydrogen-bond acceptors (Lipinski definition) is 4. The van der Waals surface area contributed by atoms with Crippen LogP contribution in [0.3, 0.4) is 0 Å². The van der Waals surface area contributed by atoms with E-state index >= 15 is 0 Å². The molecule has 0 aromatic heterocycles. The standard InChI is InChI=1S/C11H12F3N3O3/c1-15-10(18)7-2-3-9(17(19)20)8(6-7)16-5-4-11(12,13)14/h2-3,6,16H,4-5H2,1H3,(H,15,18). The Morgan fingerprint density at radius 1 is 1.40 bits per heavy atom. The summed E-state index contributed by atoms with van der Waals surface area (Å²) < 4.78 is 36.1. The predicted molar refractivity (Wildman–Crippen MR) is 65.6 cm³/mol. The lowest BCUT2D eigenvalue weighted by Gasteiger charge is -2.10. The highest BCUT2D eigenvalue weighted by Crippen LogP contribution is 2.26. The second kappa shape index (κ2) is 6.22. The summed E-state index contributed by atoms with van der Waals surface area (Å²) in [6, 6.07) is 3.44. The van der Waals surface area contributed by atoms with Gasteiger partial charge in [0.15, 0.2) is 0 Å². The number of hydrogen-bond donors (Lipinski definition) is 2. The number of carbonyl (C=O) groups excluding carboxylic acids is 1. The molecule has 0 heterocycles. The lowest BCUT2D eigenvalue weighted by atomic mass is 10.1. The molecule has 0 saturated heterocycles. The van der Waals surface area contributed by atoms with Gasteiger partial charge < -0.3 is 10.6 Å². The fraction of sp³-hybridized carbons (Fsp3) is 0.364. The molecule has 0 radical (unpaired) electrons. The first-order valence-corrected chi connectivity index (χ1v) is 5.55. The molecule has 0 fully saturated rings. The van der Waals surface area contributed by atoms with E-state index in [2.05, 4.69) is 10.6 Å². The van der Waals surface area contributed by atoms with Gasteiger partial charge in [0.25, 0.3) is 11.6 Å². The van der Waals surface area contributed by atoms with Gasteiger partial charge in [-0.1, -0.05) is 0 Å². The van der Waals surface area contributed by atoms with E-state index in [1.54, 1.807) is 0 Å². The Balaban J connectivity index is 2.94. The molecule has 0 atom stereocenters. The average molecular weight is 291 g/mol. The van der Waals surface area contributed by atoms with Gasteiger partial charge >= 0.3 is 6.18 Å². The van der Waals surface area contributed by atoms with Gasteiger partial charge in [-0.3, -0.25) is 14.9 Å². The third-order valence-corrected chi connectivity index (χ3v) is 2.41. The van der Waals surface area contributed by atoms with Crippen LogP contribution in [0.2, 0.25) is 0 Å². The number of carbonyl (C=O) groups is 1. The van der Waals surface area contributed by atoms with Gasteiger partial charge in [0, 0.05) is 25.2 Å². The minimum absolute atomic E-state index is 0.118. The SMILES string of the molecule is CNC(=O)c1ccc([N+](=O)[O-])c(NCCC(F)(F)F)c1. The molecule has 1 aromatic rings. The van der Waals surface area contributed by atoms with Crippen LogP contribution in [0.25, 0.3) is 0 Å². The van der Waals surface area contributed by atoms with E-state index in [4.69, 9.17) is 0 Å². The summed E-state index contributed by atoms with van der Waals surface area (Å²) in [7, 11) is 1.38. The number of anilines is 1. The fourth-order valence-electron chi connectivity index (χ4n) is 1.46. The first-order chi connectivity index (χ1) is 9.24. The van der Waals surface area contributed by atoms with Gasteiger partial charge in [0.2, 0.25) is 0 Å². The van der Waals surface area contributed by atoms with Gasteiger partial charge in [0.1, 0.15) is 5.69 Å².